The van der Waals surface area contributed by atoms with E-state index in [-0.39, 0.29) is 0 Å². The van der Waals surface area contributed by atoms with Crippen molar-refractivity contribution >= 4 is 6.29 Å². The predicted octanol–water partition coefficient (Wildman–Crippen LogP) is 12.1. The summed E-state index contributed by atoms with van der Waals surface area (Å²) < 4.78 is 0. The minimum Gasteiger partial charge on any atom is -0.387 e. The molecule has 2 unspecified atom stereocenters. The van der Waals surface area contributed by atoms with Crippen molar-refractivity contribution in [3.63, 3.8) is 0 Å². The quantitative estimate of drug-likeness (QED) is 0.0664. The van der Waals surface area contributed by atoms with Gasteiger partial charge >= 0.3 is 0 Å². The zero-order chi connectivity index (χ0) is 29.6. The zero-order valence-corrected chi connectivity index (χ0v) is 27.6. The van der Waals surface area contributed by atoms with Gasteiger partial charge in [0.05, 0.1) is 18.0 Å². The van der Waals surface area contributed by atoms with Gasteiger partial charge in [0, 0.05) is 12.3 Å². The third-order valence-corrected chi connectivity index (χ3v) is 8.98. The molecule has 1 rings (SSSR count). The molecule has 0 saturated carbocycles. The van der Waals surface area contributed by atoms with Gasteiger partial charge in [-0.15, -0.1) is 0 Å². The molecule has 0 aliphatic carbocycles. The number of aliphatic hydroxyl groups is 1. The van der Waals surface area contributed by atoms with E-state index < -0.39 is 6.10 Å². The molecule has 0 aromatic carbocycles. The Labute approximate surface area is 255 Å². The van der Waals surface area contributed by atoms with Crippen molar-refractivity contribution in [2.24, 2.45) is 0 Å². The lowest BCUT2D eigenvalue weighted by atomic mass is 9.95. The SMILES string of the molecule is CCCCCCCCCCCCCCCC(O)c1cnc(C(CCC=O)CCCCCCCCCCCCCC)[nH]1. The average molecular weight is 575 g/mol. The van der Waals surface area contributed by atoms with Crippen LogP contribution < -0.4 is 0 Å². The van der Waals surface area contributed by atoms with E-state index in [2.05, 4.69) is 23.8 Å². The van der Waals surface area contributed by atoms with Gasteiger partial charge in [-0.1, -0.05) is 174 Å². The Balaban J connectivity index is 2.14. The van der Waals surface area contributed by atoms with Crippen molar-refractivity contribution in [2.45, 2.75) is 212 Å². The summed E-state index contributed by atoms with van der Waals surface area (Å²) in [6.45, 7) is 4.56. The first-order chi connectivity index (χ1) is 20.2. The van der Waals surface area contributed by atoms with Crippen molar-refractivity contribution in [1.29, 1.82) is 0 Å². The molecule has 1 aromatic rings. The molecule has 1 aromatic heterocycles. The lowest BCUT2D eigenvalue weighted by Crippen LogP contribution is -2.04. The molecule has 240 valence electrons. The van der Waals surface area contributed by atoms with E-state index in [0.29, 0.717) is 12.3 Å². The van der Waals surface area contributed by atoms with Crippen LogP contribution in [0, 0.1) is 0 Å². The van der Waals surface area contributed by atoms with Crippen LogP contribution in [0.25, 0.3) is 0 Å². The van der Waals surface area contributed by atoms with Crippen LogP contribution in [0.5, 0.6) is 0 Å². The number of aromatic nitrogens is 2. The Morgan fingerprint density at radius 2 is 1.00 bits per heavy atom. The summed E-state index contributed by atoms with van der Waals surface area (Å²) in [5, 5.41) is 10.7. The number of hydrogen-bond acceptors (Lipinski definition) is 3. The molecule has 0 amide bonds. The number of hydrogen-bond donors (Lipinski definition) is 2. The number of nitrogens with zero attached hydrogens (tertiary/aromatic N) is 1. The molecule has 1 heterocycles. The number of unbranched alkanes of at least 4 members (excludes halogenated alkanes) is 23. The Bertz CT molecular complexity index is 674. The molecule has 0 bridgehead atoms. The number of aromatic amines is 1. The number of nitrogens with one attached hydrogen (secondary N) is 1. The molecule has 0 spiro atoms. The zero-order valence-electron chi connectivity index (χ0n) is 27.6. The molecule has 0 saturated heterocycles. The summed E-state index contributed by atoms with van der Waals surface area (Å²) in [5.74, 6) is 1.26. The largest absolute Gasteiger partial charge is 0.387 e. The third-order valence-electron chi connectivity index (χ3n) is 8.98. The first kappa shape index (κ1) is 37.9. The molecule has 0 aliphatic heterocycles. The maximum atomic E-state index is 11.1. The van der Waals surface area contributed by atoms with Gasteiger partial charge in [0.1, 0.15) is 12.1 Å². The minimum atomic E-state index is -0.456. The van der Waals surface area contributed by atoms with Crippen molar-refractivity contribution in [3.8, 4) is 0 Å². The Kier molecular flexibility index (Phi) is 26.7. The maximum absolute atomic E-state index is 11.1. The number of aliphatic hydroxyl groups excluding tert-OH is 1. The number of carbonyl (C=O) groups excluding carboxylic acids is 1. The van der Waals surface area contributed by atoms with Crippen LogP contribution in [0.1, 0.15) is 224 Å². The topological polar surface area (TPSA) is 66.0 Å². The highest BCUT2D eigenvalue weighted by Gasteiger charge is 2.17. The van der Waals surface area contributed by atoms with Crippen LogP contribution in [0.4, 0.5) is 0 Å². The second-order valence-corrected chi connectivity index (χ2v) is 12.9. The fraction of sp³-hybridized carbons (Fsp3) is 0.892. The Morgan fingerprint density at radius 1 is 0.610 bits per heavy atom. The number of rotatable bonds is 32. The van der Waals surface area contributed by atoms with Gasteiger partial charge < -0.3 is 14.9 Å². The van der Waals surface area contributed by atoms with Crippen molar-refractivity contribution < 1.29 is 9.90 Å². The number of carbonyl (C=O) groups is 1. The van der Waals surface area contributed by atoms with Crippen LogP contribution in [0.15, 0.2) is 6.20 Å². The smallest absolute Gasteiger partial charge is 0.120 e. The Hall–Kier alpha value is -1.16. The predicted molar refractivity (Wildman–Crippen MR) is 178 cm³/mol. The lowest BCUT2D eigenvalue weighted by molar-refractivity contribution is -0.108. The van der Waals surface area contributed by atoms with Crippen LogP contribution in [-0.4, -0.2) is 21.4 Å². The summed E-state index contributed by atoms with van der Waals surface area (Å²) in [7, 11) is 0. The summed E-state index contributed by atoms with van der Waals surface area (Å²) in [6.07, 6.45) is 39.5. The summed E-state index contributed by atoms with van der Waals surface area (Å²) in [5.41, 5.74) is 0.852. The second-order valence-electron chi connectivity index (χ2n) is 12.9. The first-order valence-corrected chi connectivity index (χ1v) is 18.4. The highest BCUT2D eigenvalue weighted by Crippen LogP contribution is 2.28. The average Bonchev–Trinajstić information content (AvgIpc) is 3.48. The minimum absolute atomic E-state index is 0.292. The van der Waals surface area contributed by atoms with Crippen molar-refractivity contribution in [3.05, 3.63) is 17.7 Å². The Morgan fingerprint density at radius 3 is 1.41 bits per heavy atom. The fourth-order valence-corrected chi connectivity index (χ4v) is 6.16. The number of H-pyrrole nitrogens is 1. The lowest BCUT2D eigenvalue weighted by Gasteiger charge is -2.14. The van der Waals surface area contributed by atoms with Gasteiger partial charge in [-0.25, -0.2) is 4.98 Å². The van der Waals surface area contributed by atoms with Gasteiger partial charge in [0.2, 0.25) is 0 Å². The number of imidazole rings is 1. The van der Waals surface area contributed by atoms with E-state index >= 15 is 0 Å². The second kappa shape index (κ2) is 28.9. The fourth-order valence-electron chi connectivity index (χ4n) is 6.16. The van der Waals surface area contributed by atoms with Gasteiger partial charge in [0.25, 0.3) is 0 Å². The van der Waals surface area contributed by atoms with Crippen LogP contribution in [0.3, 0.4) is 0 Å². The molecule has 2 atom stereocenters. The van der Waals surface area contributed by atoms with Gasteiger partial charge in [-0.3, -0.25) is 0 Å². The van der Waals surface area contributed by atoms with E-state index in [1.165, 1.54) is 154 Å². The molecule has 0 fully saturated rings. The van der Waals surface area contributed by atoms with E-state index in [1.54, 1.807) is 0 Å². The molecule has 0 aliphatic rings. The van der Waals surface area contributed by atoms with Crippen LogP contribution in [0.2, 0.25) is 0 Å². The van der Waals surface area contributed by atoms with E-state index in [4.69, 9.17) is 0 Å². The van der Waals surface area contributed by atoms with Crippen molar-refractivity contribution in [1.82, 2.24) is 9.97 Å². The van der Waals surface area contributed by atoms with Gasteiger partial charge in [-0.05, 0) is 19.3 Å². The molecular weight excluding hydrogens is 504 g/mol. The van der Waals surface area contributed by atoms with E-state index in [9.17, 15) is 9.90 Å². The van der Waals surface area contributed by atoms with Crippen molar-refractivity contribution in [2.75, 3.05) is 0 Å². The van der Waals surface area contributed by atoms with E-state index in [1.807, 2.05) is 6.20 Å². The summed E-state index contributed by atoms with van der Waals surface area (Å²) >= 11 is 0. The summed E-state index contributed by atoms with van der Waals surface area (Å²) in [4.78, 5) is 19.1. The molecule has 4 nitrogen and oxygen atoms in total. The third kappa shape index (κ3) is 22.1. The van der Waals surface area contributed by atoms with Crippen LogP contribution >= 0.6 is 0 Å². The molecule has 4 heteroatoms. The van der Waals surface area contributed by atoms with Gasteiger partial charge in [0.15, 0.2) is 0 Å². The molecule has 0 radical (unpaired) electrons. The highest BCUT2D eigenvalue weighted by molar-refractivity contribution is 5.49. The highest BCUT2D eigenvalue weighted by atomic mass is 16.3. The monoisotopic (exact) mass is 575 g/mol. The van der Waals surface area contributed by atoms with E-state index in [0.717, 1.165) is 43.5 Å². The number of aldehydes is 1. The van der Waals surface area contributed by atoms with Crippen LogP contribution in [-0.2, 0) is 4.79 Å². The maximum Gasteiger partial charge on any atom is 0.120 e. The molecule has 2 N–H and O–H groups in total. The first-order valence-electron chi connectivity index (χ1n) is 18.4. The molecule has 41 heavy (non-hydrogen) atoms. The molecular formula is C37H70N2O2. The normalized spacial score (nSPS) is 13.0. The van der Waals surface area contributed by atoms with Gasteiger partial charge in [-0.2, -0.15) is 0 Å². The standard InChI is InChI=1S/C37H70N2O2/c1-3-5-7-9-11-13-15-17-19-21-23-25-27-31-36(41)35-33-38-37(39-35)34(30-28-32-40)29-26-24-22-20-18-16-14-12-10-8-6-4-2/h32-34,36,41H,3-31H2,1-2H3,(H,38,39). The summed E-state index contributed by atoms with van der Waals surface area (Å²) in [6, 6.07) is 0.